The van der Waals surface area contributed by atoms with Crippen molar-refractivity contribution in [2.24, 2.45) is 0 Å². The largest absolute Gasteiger partial charge is 0.462 e. The average molecular weight is 749 g/mol. The molecule has 0 N–H and O–H groups in total. The molecule has 53 heavy (non-hydrogen) atoms. The van der Waals surface area contributed by atoms with Crippen molar-refractivity contribution in [1.82, 2.24) is 0 Å². The van der Waals surface area contributed by atoms with Crippen molar-refractivity contribution in [2.45, 2.75) is 97.2 Å². The number of hydrogen-bond acceptors (Lipinski definition) is 6. The van der Waals surface area contributed by atoms with Crippen LogP contribution in [-0.4, -0.2) is 25.2 Å². The molecule has 3 rings (SSSR count). The molecule has 3 aromatic rings. The van der Waals surface area contributed by atoms with Gasteiger partial charge in [0, 0.05) is 11.1 Å². The van der Waals surface area contributed by atoms with Gasteiger partial charge in [0.2, 0.25) is 0 Å². The van der Waals surface area contributed by atoms with Crippen LogP contribution in [0.4, 0.5) is 26.3 Å². The number of carbonyl (C=O) groups excluding carboxylic acids is 2. The number of rotatable bonds is 22. The monoisotopic (exact) mass is 748 g/mol. The molecule has 0 unspecified atom stereocenters. The highest BCUT2D eigenvalue weighted by Gasteiger charge is 2.39. The molecule has 0 aromatic heterocycles. The van der Waals surface area contributed by atoms with E-state index < -0.39 is 58.4 Å². The second-order valence-electron chi connectivity index (χ2n) is 13.0. The summed E-state index contributed by atoms with van der Waals surface area (Å²) in [5.41, 5.74) is -0.306. The number of hydrogen-bond donors (Lipinski definition) is 0. The zero-order valence-corrected chi connectivity index (χ0v) is 30.3. The molecule has 3 aromatic carbocycles. The minimum Gasteiger partial charge on any atom is -0.462 e. The van der Waals surface area contributed by atoms with Crippen LogP contribution in [0.3, 0.4) is 0 Å². The molecule has 0 heterocycles. The summed E-state index contributed by atoms with van der Waals surface area (Å²) in [4.78, 5) is 22.8. The molecular weight excluding hydrogens is 702 g/mol. The number of esters is 2. The van der Waals surface area contributed by atoms with Crippen molar-refractivity contribution < 1.29 is 54.9 Å². The predicted molar refractivity (Wildman–Crippen MR) is 189 cm³/mol. The number of ether oxygens (including phenoxy) is 4. The summed E-state index contributed by atoms with van der Waals surface area (Å²) in [5, 5.41) is 0. The summed E-state index contributed by atoms with van der Waals surface area (Å²) in [5.74, 6) is -4.05. The highest BCUT2D eigenvalue weighted by Crippen LogP contribution is 2.38. The fourth-order valence-corrected chi connectivity index (χ4v) is 5.24. The minimum atomic E-state index is -4.09. The quantitative estimate of drug-likeness (QED) is 0.0441. The summed E-state index contributed by atoms with van der Waals surface area (Å²) in [6.07, 6.45) is -1.57. The van der Waals surface area contributed by atoms with Crippen LogP contribution >= 0.6 is 0 Å². The summed E-state index contributed by atoms with van der Waals surface area (Å²) in [7, 11) is 0. The van der Waals surface area contributed by atoms with Crippen LogP contribution in [0, 0.1) is 18.6 Å². The normalized spacial score (nSPS) is 11.6. The Hall–Kier alpha value is -4.74. The molecule has 0 fully saturated rings. The summed E-state index contributed by atoms with van der Waals surface area (Å²) in [6, 6.07) is 9.70. The van der Waals surface area contributed by atoms with Gasteiger partial charge < -0.3 is 18.9 Å². The molecule has 6 nitrogen and oxygen atoms in total. The van der Waals surface area contributed by atoms with E-state index in [0.717, 1.165) is 68.1 Å². The molecule has 0 atom stereocenters. The molecule has 0 aliphatic carbocycles. The van der Waals surface area contributed by atoms with Crippen molar-refractivity contribution in [3.05, 3.63) is 118 Å². The Morgan fingerprint density at radius 2 is 1.04 bits per heavy atom. The fourth-order valence-electron chi connectivity index (χ4n) is 5.24. The molecule has 0 amide bonds. The van der Waals surface area contributed by atoms with Crippen molar-refractivity contribution in [3.8, 4) is 11.5 Å². The number of benzene rings is 3. The smallest absolute Gasteiger partial charge is 0.429 e. The third-order valence-electron chi connectivity index (χ3n) is 8.21. The van der Waals surface area contributed by atoms with Crippen molar-refractivity contribution in [3.63, 3.8) is 0 Å². The van der Waals surface area contributed by atoms with E-state index in [9.17, 15) is 18.4 Å². The zero-order valence-electron chi connectivity index (χ0n) is 30.3. The second kappa shape index (κ2) is 19.9. The Bertz CT molecular complexity index is 1740. The number of alkyl halides is 4. The van der Waals surface area contributed by atoms with Gasteiger partial charge in [0.05, 0.1) is 24.3 Å². The van der Waals surface area contributed by atoms with E-state index in [0.29, 0.717) is 60.8 Å². The highest BCUT2D eigenvalue weighted by atomic mass is 19.3. The standard InChI is InChI=1S/C41H46F6O6/c1-27(2)38(48)50-22-12-8-6-10-14-30-16-19-33(35(42)25-30)40(44,45)52-32-18-21-37(29(5)24-32)53-41(46,47)34-20-17-31(26-36(34)43)15-11-7-9-13-23-51-39(49)28(3)4/h16-21,24-26H,1,3,6-15,22-23H2,2,4-5H3. The number of carbonyl (C=O) groups is 2. The molecule has 0 saturated carbocycles. The number of halogens is 6. The fraction of sp³-hybridized carbons (Fsp3) is 0.415. The van der Waals surface area contributed by atoms with E-state index in [-0.39, 0.29) is 18.8 Å². The summed E-state index contributed by atoms with van der Waals surface area (Å²) in [6.45, 7) is 12.0. The maximum absolute atomic E-state index is 15.1. The summed E-state index contributed by atoms with van der Waals surface area (Å²) < 4.78 is 110. The van der Waals surface area contributed by atoms with Gasteiger partial charge in [-0.05, 0) is 118 Å². The van der Waals surface area contributed by atoms with Crippen LogP contribution in [0.25, 0.3) is 0 Å². The molecule has 12 heteroatoms. The van der Waals surface area contributed by atoms with E-state index in [4.69, 9.17) is 18.9 Å². The van der Waals surface area contributed by atoms with Gasteiger partial charge >= 0.3 is 24.2 Å². The van der Waals surface area contributed by atoms with Gasteiger partial charge in [-0.3, -0.25) is 0 Å². The Labute approximate surface area is 306 Å². The lowest BCUT2D eigenvalue weighted by Gasteiger charge is -2.22. The Morgan fingerprint density at radius 3 is 1.45 bits per heavy atom. The van der Waals surface area contributed by atoms with Crippen molar-refractivity contribution in [2.75, 3.05) is 13.2 Å². The first-order valence-corrected chi connectivity index (χ1v) is 17.5. The molecule has 0 bridgehead atoms. The Kier molecular flexibility index (Phi) is 16.0. The number of aryl methyl sites for hydroxylation is 3. The molecule has 0 aliphatic rings. The Morgan fingerprint density at radius 1 is 0.604 bits per heavy atom. The van der Waals surface area contributed by atoms with E-state index in [1.54, 1.807) is 13.8 Å². The first kappa shape index (κ1) is 42.7. The average Bonchev–Trinajstić information content (AvgIpc) is 3.07. The maximum Gasteiger partial charge on any atom is 0.429 e. The van der Waals surface area contributed by atoms with E-state index in [2.05, 4.69) is 13.2 Å². The third kappa shape index (κ3) is 13.6. The van der Waals surface area contributed by atoms with Gasteiger partial charge in [-0.25, -0.2) is 18.4 Å². The van der Waals surface area contributed by atoms with Crippen LogP contribution < -0.4 is 9.47 Å². The molecule has 0 aliphatic heterocycles. The van der Waals surface area contributed by atoms with Crippen LogP contribution in [0.15, 0.2) is 78.9 Å². The highest BCUT2D eigenvalue weighted by molar-refractivity contribution is 5.87. The van der Waals surface area contributed by atoms with Gasteiger partial charge in [0.25, 0.3) is 0 Å². The molecule has 0 radical (unpaired) electrons. The molecule has 288 valence electrons. The lowest BCUT2D eigenvalue weighted by Crippen LogP contribution is -2.25. The van der Waals surface area contributed by atoms with Crippen molar-refractivity contribution >= 4 is 11.9 Å². The SMILES string of the molecule is C=C(C)C(=O)OCCCCCCc1ccc(C(F)(F)Oc2ccc(OC(F)(F)c3ccc(CCCCCCOC(=O)C(=C)C)cc3F)c(C)c2)c(F)c1. The number of unbranched alkanes of at least 4 members (excludes halogenated alkanes) is 6. The molecule has 0 spiro atoms. The van der Waals surface area contributed by atoms with Gasteiger partial charge in [-0.2, -0.15) is 17.6 Å². The van der Waals surface area contributed by atoms with E-state index in [1.807, 2.05) is 0 Å². The lowest BCUT2D eigenvalue weighted by atomic mass is 10.0. The van der Waals surface area contributed by atoms with Crippen LogP contribution in [0.1, 0.15) is 93.0 Å². The van der Waals surface area contributed by atoms with Gasteiger partial charge in [0.1, 0.15) is 23.1 Å². The first-order chi connectivity index (χ1) is 25.0. The predicted octanol–water partition coefficient (Wildman–Crippen LogP) is 11.0. The minimum absolute atomic E-state index is 0.00537. The van der Waals surface area contributed by atoms with Crippen molar-refractivity contribution in [1.29, 1.82) is 0 Å². The van der Waals surface area contributed by atoms with Crippen LogP contribution in [0.5, 0.6) is 11.5 Å². The lowest BCUT2D eigenvalue weighted by molar-refractivity contribution is -0.190. The van der Waals surface area contributed by atoms with E-state index >= 15 is 17.6 Å². The maximum atomic E-state index is 15.1. The first-order valence-electron chi connectivity index (χ1n) is 17.5. The van der Waals surface area contributed by atoms with Gasteiger partial charge in [-0.1, -0.05) is 51.0 Å². The summed E-state index contributed by atoms with van der Waals surface area (Å²) >= 11 is 0. The Balaban J connectivity index is 1.51. The second-order valence-corrected chi connectivity index (χ2v) is 13.0. The third-order valence-corrected chi connectivity index (χ3v) is 8.21. The van der Waals surface area contributed by atoms with Crippen LogP contribution in [-0.2, 0) is 44.1 Å². The molecular formula is C41H46F6O6. The zero-order chi connectivity index (χ0) is 39.2. The van der Waals surface area contributed by atoms with Gasteiger partial charge in [-0.15, -0.1) is 0 Å². The van der Waals surface area contributed by atoms with Gasteiger partial charge in [0.15, 0.2) is 0 Å². The molecule has 0 saturated heterocycles. The van der Waals surface area contributed by atoms with E-state index in [1.165, 1.54) is 19.1 Å². The topological polar surface area (TPSA) is 71.1 Å². The van der Waals surface area contributed by atoms with Crippen LogP contribution in [0.2, 0.25) is 0 Å².